The second-order valence-electron chi connectivity index (χ2n) is 3.97. The van der Waals surface area contributed by atoms with E-state index in [2.05, 4.69) is 5.32 Å². The first kappa shape index (κ1) is 13.7. The number of benzene rings is 1. The van der Waals surface area contributed by atoms with E-state index >= 15 is 0 Å². The number of nitrogens with one attached hydrogen (secondary N) is 1. The van der Waals surface area contributed by atoms with Crippen molar-refractivity contribution in [1.29, 1.82) is 0 Å². The molecule has 0 aliphatic rings. The third kappa shape index (κ3) is 4.54. The highest BCUT2D eigenvalue weighted by atomic mass is 32.2. The molecule has 0 saturated heterocycles. The van der Waals surface area contributed by atoms with E-state index in [-0.39, 0.29) is 0 Å². The Hall–Kier alpha value is -1.40. The normalized spacial score (nSPS) is 11.2. The summed E-state index contributed by atoms with van der Waals surface area (Å²) in [6, 6.07) is 5.44. The van der Waals surface area contributed by atoms with Crippen LogP contribution in [0.25, 0.3) is 0 Å². The van der Waals surface area contributed by atoms with E-state index in [1.807, 2.05) is 19.1 Å². The largest absolute Gasteiger partial charge is 0.326 e. The molecule has 0 atom stereocenters. The van der Waals surface area contributed by atoms with Crippen LogP contribution in [0, 0.1) is 6.92 Å². The summed E-state index contributed by atoms with van der Waals surface area (Å²) in [5, 5.41) is 2.57. The van der Waals surface area contributed by atoms with Crippen LogP contribution in [-0.4, -0.2) is 26.3 Å². The van der Waals surface area contributed by atoms with Crippen molar-refractivity contribution in [3.05, 3.63) is 29.3 Å². The van der Waals surface area contributed by atoms with Crippen LogP contribution in [0.3, 0.4) is 0 Å². The average molecular weight is 256 g/mol. The molecule has 3 N–H and O–H groups in total. The molecule has 0 unspecified atom stereocenters. The minimum Gasteiger partial charge on any atom is -0.326 e. The summed E-state index contributed by atoms with van der Waals surface area (Å²) in [5.41, 5.74) is 7.84. The smallest absolute Gasteiger partial charge is 0.239 e. The molecular weight excluding hydrogens is 240 g/mol. The number of sulfone groups is 1. The Morgan fingerprint density at radius 1 is 1.41 bits per heavy atom. The average Bonchev–Trinajstić information content (AvgIpc) is 2.18. The molecular formula is C11H16N2O3S. The fourth-order valence-electron chi connectivity index (χ4n) is 1.36. The highest BCUT2D eigenvalue weighted by Gasteiger charge is 2.12. The number of nitrogens with two attached hydrogens (primary N) is 1. The Morgan fingerprint density at radius 2 is 2.06 bits per heavy atom. The number of carbonyl (C=O) groups is 1. The van der Waals surface area contributed by atoms with Crippen LogP contribution < -0.4 is 11.1 Å². The molecule has 0 heterocycles. The molecule has 0 bridgehead atoms. The van der Waals surface area contributed by atoms with Gasteiger partial charge in [-0.2, -0.15) is 0 Å². The Morgan fingerprint density at radius 3 is 2.59 bits per heavy atom. The van der Waals surface area contributed by atoms with Gasteiger partial charge in [-0.3, -0.25) is 4.79 Å². The minimum atomic E-state index is -3.31. The van der Waals surface area contributed by atoms with Gasteiger partial charge < -0.3 is 11.1 Å². The van der Waals surface area contributed by atoms with Gasteiger partial charge in [-0.25, -0.2) is 8.42 Å². The van der Waals surface area contributed by atoms with Crippen LogP contribution in [0.2, 0.25) is 0 Å². The van der Waals surface area contributed by atoms with E-state index in [4.69, 9.17) is 5.73 Å². The van der Waals surface area contributed by atoms with Crippen molar-refractivity contribution in [3.63, 3.8) is 0 Å². The molecule has 5 nitrogen and oxygen atoms in total. The van der Waals surface area contributed by atoms with Crippen molar-refractivity contribution >= 4 is 21.4 Å². The Balaban J connectivity index is 2.84. The Bertz CT molecular complexity index is 524. The molecule has 0 aliphatic heterocycles. The number of aryl methyl sites for hydroxylation is 1. The van der Waals surface area contributed by atoms with Crippen LogP contribution >= 0.6 is 0 Å². The van der Waals surface area contributed by atoms with Gasteiger partial charge in [0.1, 0.15) is 5.75 Å². The maximum Gasteiger partial charge on any atom is 0.239 e. The summed E-state index contributed by atoms with van der Waals surface area (Å²) in [7, 11) is -3.31. The number of rotatable bonds is 4. The standard InChI is InChI=1S/C11H16N2O3S/c1-8-3-4-9(6-12)5-10(8)13-11(14)7-17(2,15)16/h3-5H,6-7,12H2,1-2H3,(H,13,14). The first-order valence-corrected chi connectivity index (χ1v) is 7.15. The van der Waals surface area contributed by atoms with Gasteiger partial charge in [0.15, 0.2) is 9.84 Å². The number of anilines is 1. The van der Waals surface area contributed by atoms with E-state index in [1.54, 1.807) is 6.07 Å². The number of hydrogen-bond donors (Lipinski definition) is 2. The van der Waals surface area contributed by atoms with Gasteiger partial charge in [-0.15, -0.1) is 0 Å². The lowest BCUT2D eigenvalue weighted by Gasteiger charge is -2.09. The van der Waals surface area contributed by atoms with Gasteiger partial charge in [-0.1, -0.05) is 12.1 Å². The predicted molar refractivity (Wildman–Crippen MR) is 67.4 cm³/mol. The van der Waals surface area contributed by atoms with Gasteiger partial charge in [-0.05, 0) is 24.1 Å². The topological polar surface area (TPSA) is 89.3 Å². The zero-order valence-corrected chi connectivity index (χ0v) is 10.7. The van der Waals surface area contributed by atoms with Gasteiger partial charge >= 0.3 is 0 Å². The van der Waals surface area contributed by atoms with Crippen molar-refractivity contribution in [2.75, 3.05) is 17.3 Å². The van der Waals surface area contributed by atoms with E-state index in [0.717, 1.165) is 17.4 Å². The van der Waals surface area contributed by atoms with Gasteiger partial charge in [0, 0.05) is 18.5 Å². The van der Waals surface area contributed by atoms with E-state index < -0.39 is 21.5 Å². The van der Waals surface area contributed by atoms with E-state index in [0.29, 0.717) is 12.2 Å². The molecule has 0 aromatic heterocycles. The molecule has 1 rings (SSSR count). The zero-order valence-electron chi connectivity index (χ0n) is 9.86. The predicted octanol–water partition coefficient (Wildman–Crippen LogP) is 0.437. The second-order valence-corrected chi connectivity index (χ2v) is 6.11. The van der Waals surface area contributed by atoms with Crippen LogP contribution in [0.15, 0.2) is 18.2 Å². The third-order valence-electron chi connectivity index (χ3n) is 2.21. The van der Waals surface area contributed by atoms with Crippen LogP contribution in [0.5, 0.6) is 0 Å². The van der Waals surface area contributed by atoms with E-state index in [9.17, 15) is 13.2 Å². The summed E-state index contributed by atoms with van der Waals surface area (Å²) >= 11 is 0. The molecule has 1 aromatic carbocycles. The second kappa shape index (κ2) is 5.29. The molecule has 0 aliphatic carbocycles. The lowest BCUT2D eigenvalue weighted by atomic mass is 10.1. The van der Waals surface area contributed by atoms with E-state index in [1.165, 1.54) is 0 Å². The van der Waals surface area contributed by atoms with Crippen LogP contribution in [0.4, 0.5) is 5.69 Å². The lowest BCUT2D eigenvalue weighted by molar-refractivity contribution is -0.113. The molecule has 0 spiro atoms. The summed E-state index contributed by atoms with van der Waals surface area (Å²) in [4.78, 5) is 11.5. The first-order chi connectivity index (χ1) is 7.81. The zero-order chi connectivity index (χ0) is 13.1. The molecule has 17 heavy (non-hydrogen) atoms. The van der Waals surface area contributed by atoms with Crippen LogP contribution in [-0.2, 0) is 21.2 Å². The third-order valence-corrected chi connectivity index (χ3v) is 2.99. The fourth-order valence-corrected chi connectivity index (χ4v) is 1.90. The molecule has 94 valence electrons. The minimum absolute atomic E-state index is 0.370. The molecule has 1 amide bonds. The Kier molecular flexibility index (Phi) is 4.25. The van der Waals surface area contributed by atoms with Crippen molar-refractivity contribution < 1.29 is 13.2 Å². The maximum atomic E-state index is 11.5. The fraction of sp³-hybridized carbons (Fsp3) is 0.364. The SMILES string of the molecule is Cc1ccc(CN)cc1NC(=O)CS(C)(=O)=O. The number of hydrogen-bond acceptors (Lipinski definition) is 4. The molecule has 0 radical (unpaired) electrons. The van der Waals surface area contributed by atoms with Gasteiger partial charge in [0.25, 0.3) is 0 Å². The summed E-state index contributed by atoms with van der Waals surface area (Å²) < 4.78 is 21.9. The molecule has 6 heteroatoms. The van der Waals surface area contributed by atoms with Crippen molar-refractivity contribution in [2.24, 2.45) is 5.73 Å². The molecule has 0 saturated carbocycles. The quantitative estimate of drug-likeness (QED) is 0.818. The van der Waals surface area contributed by atoms with Crippen LogP contribution in [0.1, 0.15) is 11.1 Å². The number of amides is 1. The number of carbonyl (C=O) groups excluding carboxylic acids is 1. The Labute approximate surface area is 101 Å². The summed E-state index contributed by atoms with van der Waals surface area (Å²) in [6.07, 6.45) is 1.02. The van der Waals surface area contributed by atoms with Crippen molar-refractivity contribution in [3.8, 4) is 0 Å². The van der Waals surface area contributed by atoms with Crippen molar-refractivity contribution in [2.45, 2.75) is 13.5 Å². The lowest BCUT2D eigenvalue weighted by Crippen LogP contribution is -2.22. The highest BCUT2D eigenvalue weighted by molar-refractivity contribution is 7.91. The van der Waals surface area contributed by atoms with Gasteiger partial charge in [0.05, 0.1) is 0 Å². The van der Waals surface area contributed by atoms with Gasteiger partial charge in [0.2, 0.25) is 5.91 Å². The monoisotopic (exact) mass is 256 g/mol. The molecule has 0 fully saturated rings. The maximum absolute atomic E-state index is 11.5. The summed E-state index contributed by atoms with van der Waals surface area (Å²) in [6.45, 7) is 2.20. The first-order valence-electron chi connectivity index (χ1n) is 5.09. The summed E-state index contributed by atoms with van der Waals surface area (Å²) in [5.74, 6) is -1.05. The van der Waals surface area contributed by atoms with Crippen molar-refractivity contribution in [1.82, 2.24) is 0 Å². The molecule has 1 aromatic rings. The highest BCUT2D eigenvalue weighted by Crippen LogP contribution is 2.16.